The monoisotopic (exact) mass is 666 g/mol. The van der Waals surface area contributed by atoms with Gasteiger partial charge in [0.2, 0.25) is 5.95 Å². The Balaban J connectivity index is 1.09. The van der Waals surface area contributed by atoms with Gasteiger partial charge in [0.1, 0.15) is 17.7 Å². The van der Waals surface area contributed by atoms with Crippen LogP contribution in [0.25, 0.3) is 11.3 Å². The van der Waals surface area contributed by atoms with Crippen LogP contribution in [0.2, 0.25) is 0 Å². The molecule has 4 heterocycles. The van der Waals surface area contributed by atoms with E-state index in [1.807, 2.05) is 65.2 Å². The second-order valence-electron chi connectivity index (χ2n) is 14.0. The van der Waals surface area contributed by atoms with Gasteiger partial charge in [-0.15, -0.1) is 21.8 Å². The summed E-state index contributed by atoms with van der Waals surface area (Å²) in [5.74, 6) is 2.62. The zero-order valence-corrected chi connectivity index (χ0v) is 28.7. The molecule has 10 nitrogen and oxygen atoms in total. The van der Waals surface area contributed by atoms with Crippen LogP contribution in [0.1, 0.15) is 94.3 Å². The van der Waals surface area contributed by atoms with Gasteiger partial charge >= 0.3 is 6.03 Å². The molecule has 1 aliphatic heterocycles. The van der Waals surface area contributed by atoms with E-state index in [1.54, 1.807) is 4.68 Å². The first-order chi connectivity index (χ1) is 23.2. The average Bonchev–Trinajstić information content (AvgIpc) is 3.71. The number of hydrogen-bond donors (Lipinski definition) is 2. The van der Waals surface area contributed by atoms with Crippen molar-refractivity contribution in [2.24, 2.45) is 0 Å². The maximum Gasteiger partial charge on any atom is 0.320 e. The molecule has 2 N–H and O–H groups in total. The zero-order chi connectivity index (χ0) is 33.4. The molecule has 2 aliphatic rings. The van der Waals surface area contributed by atoms with Crippen LogP contribution in [0.3, 0.4) is 0 Å². The van der Waals surface area contributed by atoms with Crippen molar-refractivity contribution in [3.63, 3.8) is 0 Å². The Kier molecular flexibility index (Phi) is 8.76. The number of fused-ring (bicyclic) bond motifs is 2. The van der Waals surface area contributed by atoms with E-state index in [0.717, 1.165) is 77.6 Å². The first kappa shape index (κ1) is 32.0. The maximum absolute atomic E-state index is 13.6. The average molecular weight is 667 g/mol. The molecule has 48 heavy (non-hydrogen) atoms. The first-order valence-electron chi connectivity index (χ1n) is 16.9. The van der Waals surface area contributed by atoms with Crippen LogP contribution < -0.4 is 20.3 Å². The smallest absolute Gasteiger partial charge is 0.320 e. The quantitative estimate of drug-likeness (QED) is 0.170. The van der Waals surface area contributed by atoms with Gasteiger partial charge in [0.15, 0.2) is 5.65 Å². The molecule has 11 heteroatoms. The number of anilines is 2. The highest BCUT2D eigenvalue weighted by molar-refractivity contribution is 6.17. The summed E-state index contributed by atoms with van der Waals surface area (Å²) in [6, 6.07) is 21.9. The number of rotatable bonds is 7. The van der Waals surface area contributed by atoms with Gasteiger partial charge in [-0.25, -0.2) is 9.48 Å². The summed E-state index contributed by atoms with van der Waals surface area (Å²) >= 11 is 6.13. The number of nitrogens with zero attached hydrogens (tertiary/aromatic N) is 6. The van der Waals surface area contributed by atoms with E-state index in [9.17, 15) is 4.79 Å². The number of ether oxygens (including phenoxy) is 1. The van der Waals surface area contributed by atoms with E-state index in [-0.39, 0.29) is 23.6 Å². The molecule has 2 amide bonds. The number of alkyl halides is 1. The molecule has 3 aromatic heterocycles. The highest BCUT2D eigenvalue weighted by Crippen LogP contribution is 2.39. The predicted octanol–water partition coefficient (Wildman–Crippen LogP) is 8.11. The number of nitrogens with one attached hydrogen (secondary N) is 2. The number of carbonyl (C=O) groups excluding carboxylic acids is 1. The number of halogens is 1. The van der Waals surface area contributed by atoms with Crippen LogP contribution >= 0.6 is 11.6 Å². The number of hydrogen-bond acceptors (Lipinski definition) is 6. The first-order valence-corrected chi connectivity index (χ1v) is 17.4. The van der Waals surface area contributed by atoms with E-state index in [1.165, 1.54) is 6.42 Å². The Morgan fingerprint density at radius 1 is 0.979 bits per heavy atom. The molecular formula is C37H43ClN8O2. The molecule has 7 rings (SSSR count). The third-order valence-electron chi connectivity index (χ3n) is 9.47. The number of carbonyl (C=O) groups is 1. The van der Waals surface area contributed by atoms with Gasteiger partial charge in [0, 0.05) is 29.9 Å². The summed E-state index contributed by atoms with van der Waals surface area (Å²) in [5.41, 5.74) is 5.41. The number of piperidine rings is 1. The molecule has 5 aromatic rings. The normalized spacial score (nSPS) is 19.6. The van der Waals surface area contributed by atoms with Gasteiger partial charge in [0.05, 0.1) is 23.6 Å². The highest BCUT2D eigenvalue weighted by Gasteiger charge is 2.30. The van der Waals surface area contributed by atoms with E-state index < -0.39 is 0 Å². The molecule has 0 saturated carbocycles. The van der Waals surface area contributed by atoms with Gasteiger partial charge in [-0.05, 0) is 80.0 Å². The fourth-order valence-electron chi connectivity index (χ4n) is 6.82. The summed E-state index contributed by atoms with van der Waals surface area (Å²) in [6.07, 6.45) is 6.88. The molecule has 0 bridgehead atoms. The van der Waals surface area contributed by atoms with Crippen molar-refractivity contribution < 1.29 is 9.53 Å². The van der Waals surface area contributed by atoms with Crippen LogP contribution in [-0.4, -0.2) is 43.0 Å². The largest absolute Gasteiger partial charge is 0.484 e. The lowest BCUT2D eigenvalue weighted by Crippen LogP contribution is -2.38. The second-order valence-corrected chi connectivity index (χ2v) is 14.2. The Labute approximate surface area is 286 Å². The van der Waals surface area contributed by atoms with Crippen molar-refractivity contribution in [2.45, 2.75) is 89.3 Å². The van der Waals surface area contributed by atoms with Gasteiger partial charge < -0.3 is 15.0 Å². The SMILES string of the molecule is C[C@H]1CCCCN1c1nnc2ccc(O[C@@H]3CC[C@H](NC(=O)Nc4cc(C(C)(C)C)nn4-c4cccc(CCl)c4)c4ccccc43)cn12. The molecule has 0 radical (unpaired) electrons. The molecule has 1 aliphatic carbocycles. The number of aromatic nitrogens is 5. The molecule has 3 atom stereocenters. The molecule has 0 spiro atoms. The molecular weight excluding hydrogens is 624 g/mol. The van der Waals surface area contributed by atoms with Gasteiger partial charge in [0.25, 0.3) is 0 Å². The minimum atomic E-state index is -0.290. The topological polar surface area (TPSA) is 102 Å². The Morgan fingerprint density at radius 2 is 1.81 bits per heavy atom. The lowest BCUT2D eigenvalue weighted by atomic mass is 9.85. The van der Waals surface area contributed by atoms with Crippen molar-refractivity contribution in [1.82, 2.24) is 29.7 Å². The number of urea groups is 1. The summed E-state index contributed by atoms with van der Waals surface area (Å²) in [6.45, 7) is 9.55. The summed E-state index contributed by atoms with van der Waals surface area (Å²) < 4.78 is 10.5. The van der Waals surface area contributed by atoms with Crippen molar-refractivity contribution in [3.8, 4) is 11.4 Å². The number of amides is 2. The van der Waals surface area contributed by atoms with E-state index in [0.29, 0.717) is 17.7 Å². The third-order valence-corrected chi connectivity index (χ3v) is 9.77. The van der Waals surface area contributed by atoms with Crippen molar-refractivity contribution >= 4 is 35.0 Å². The highest BCUT2D eigenvalue weighted by atomic mass is 35.5. The van der Waals surface area contributed by atoms with Crippen LogP contribution in [0, 0.1) is 0 Å². The minimum Gasteiger partial charge on any atom is -0.484 e. The Bertz CT molecular complexity index is 1930. The van der Waals surface area contributed by atoms with E-state index in [4.69, 9.17) is 21.4 Å². The maximum atomic E-state index is 13.6. The van der Waals surface area contributed by atoms with Crippen LogP contribution in [-0.2, 0) is 11.3 Å². The molecule has 0 unspecified atom stereocenters. The van der Waals surface area contributed by atoms with Crippen LogP contribution in [0.5, 0.6) is 5.75 Å². The Morgan fingerprint density at radius 3 is 2.60 bits per heavy atom. The minimum absolute atomic E-state index is 0.154. The lowest BCUT2D eigenvalue weighted by Gasteiger charge is -2.33. The predicted molar refractivity (Wildman–Crippen MR) is 189 cm³/mol. The summed E-state index contributed by atoms with van der Waals surface area (Å²) in [5, 5.41) is 20.1. The van der Waals surface area contributed by atoms with Crippen molar-refractivity contribution in [2.75, 3.05) is 16.8 Å². The zero-order valence-electron chi connectivity index (χ0n) is 28.0. The fourth-order valence-corrected chi connectivity index (χ4v) is 6.99. The summed E-state index contributed by atoms with van der Waals surface area (Å²) in [7, 11) is 0. The third kappa shape index (κ3) is 6.45. The molecule has 2 aromatic carbocycles. The standard InChI is InChI=1S/C37H43ClN8O2/c1-24-10-7-8-19-44(24)36-42-41-33-18-15-27(23-45(33)36)48-31-17-16-30(28-13-5-6-14-29(28)31)39-35(47)40-34-21-32(37(2,3)4)43-46(34)26-12-9-11-25(20-26)22-38/h5-6,9,11-15,18,20-21,23-24,30-31H,7-8,10,16-17,19,22H2,1-4H3,(H2,39,40,47)/t24-,30-,31+/m0/s1. The Hall–Kier alpha value is -4.57. The molecule has 1 fully saturated rings. The van der Waals surface area contributed by atoms with Crippen LogP contribution in [0.4, 0.5) is 16.6 Å². The van der Waals surface area contributed by atoms with Gasteiger partial charge in [-0.3, -0.25) is 9.72 Å². The number of benzene rings is 2. The molecule has 250 valence electrons. The van der Waals surface area contributed by atoms with E-state index in [2.05, 4.69) is 65.6 Å². The van der Waals surface area contributed by atoms with Crippen molar-refractivity contribution in [1.29, 1.82) is 0 Å². The van der Waals surface area contributed by atoms with E-state index >= 15 is 0 Å². The summed E-state index contributed by atoms with van der Waals surface area (Å²) in [4.78, 5) is 15.9. The van der Waals surface area contributed by atoms with Gasteiger partial charge in [-0.2, -0.15) is 5.10 Å². The van der Waals surface area contributed by atoms with Gasteiger partial charge in [-0.1, -0.05) is 57.2 Å². The lowest BCUT2D eigenvalue weighted by molar-refractivity contribution is 0.171. The van der Waals surface area contributed by atoms with Crippen LogP contribution in [0.15, 0.2) is 72.9 Å². The second kappa shape index (κ2) is 13.1. The molecule has 1 saturated heterocycles. The number of pyridine rings is 1. The fraction of sp³-hybridized carbons (Fsp3) is 0.405. The van der Waals surface area contributed by atoms with Crippen molar-refractivity contribution in [3.05, 3.63) is 95.3 Å².